The van der Waals surface area contributed by atoms with Gasteiger partial charge in [-0.25, -0.2) is 0 Å². The zero-order valence-corrected chi connectivity index (χ0v) is 13.4. The molecule has 1 aliphatic rings. The zero-order chi connectivity index (χ0) is 16.7. The largest absolute Gasteiger partial charge is 0.347 e. The number of amides is 3. The predicted molar refractivity (Wildman–Crippen MR) is 89.0 cm³/mol. The summed E-state index contributed by atoms with van der Waals surface area (Å²) < 4.78 is 0. The van der Waals surface area contributed by atoms with E-state index in [9.17, 15) is 14.4 Å². The molecule has 0 atom stereocenters. The van der Waals surface area contributed by atoms with Gasteiger partial charge in [-0.15, -0.1) is 0 Å². The lowest BCUT2D eigenvalue weighted by Crippen LogP contribution is -2.37. The topological polar surface area (TPSA) is 87.3 Å². The lowest BCUT2D eigenvalue weighted by Gasteiger charge is -2.20. The Kier molecular flexibility index (Phi) is 6.14. The van der Waals surface area contributed by atoms with Crippen LogP contribution in [-0.2, 0) is 14.4 Å². The number of benzene rings is 1. The molecule has 0 aliphatic heterocycles. The normalized spacial score (nSPS) is 14.8. The molecule has 3 amide bonds. The SMILES string of the molecule is CC(=O)Nc1cccc(NC(=O)CNC(=O)C2CCCCC2)c1. The zero-order valence-electron chi connectivity index (χ0n) is 13.4. The van der Waals surface area contributed by atoms with Crippen LogP contribution < -0.4 is 16.0 Å². The minimum atomic E-state index is -0.283. The van der Waals surface area contributed by atoms with Crippen LogP contribution in [0, 0.1) is 5.92 Å². The molecule has 1 aliphatic carbocycles. The Balaban J connectivity index is 1.80. The molecule has 0 saturated heterocycles. The van der Waals surface area contributed by atoms with Crippen molar-refractivity contribution in [1.82, 2.24) is 5.32 Å². The second kappa shape index (κ2) is 8.31. The van der Waals surface area contributed by atoms with E-state index in [4.69, 9.17) is 0 Å². The van der Waals surface area contributed by atoms with E-state index in [0.29, 0.717) is 11.4 Å². The van der Waals surface area contributed by atoms with Gasteiger partial charge in [-0.3, -0.25) is 14.4 Å². The molecule has 0 heterocycles. The van der Waals surface area contributed by atoms with Crippen LogP contribution in [0.2, 0.25) is 0 Å². The quantitative estimate of drug-likeness (QED) is 0.778. The molecule has 0 bridgehead atoms. The Hall–Kier alpha value is -2.37. The van der Waals surface area contributed by atoms with E-state index in [1.807, 2.05) is 0 Å². The van der Waals surface area contributed by atoms with Crippen LogP contribution in [0.4, 0.5) is 11.4 Å². The molecule has 23 heavy (non-hydrogen) atoms. The van der Waals surface area contributed by atoms with Crippen LogP contribution in [0.5, 0.6) is 0 Å². The molecule has 6 nitrogen and oxygen atoms in total. The standard InChI is InChI=1S/C17H23N3O3/c1-12(21)19-14-8-5-9-15(10-14)20-16(22)11-18-17(23)13-6-3-2-4-7-13/h5,8-10,13H,2-4,6-7,11H2,1H3,(H,18,23)(H,19,21)(H,20,22). The van der Waals surface area contributed by atoms with Crippen molar-refractivity contribution >= 4 is 29.1 Å². The van der Waals surface area contributed by atoms with Gasteiger partial charge >= 0.3 is 0 Å². The Morgan fingerprint density at radius 3 is 2.35 bits per heavy atom. The van der Waals surface area contributed by atoms with Gasteiger partial charge in [0.15, 0.2) is 0 Å². The van der Waals surface area contributed by atoms with Gasteiger partial charge < -0.3 is 16.0 Å². The monoisotopic (exact) mass is 317 g/mol. The van der Waals surface area contributed by atoms with Crippen molar-refractivity contribution in [2.45, 2.75) is 39.0 Å². The van der Waals surface area contributed by atoms with E-state index >= 15 is 0 Å². The van der Waals surface area contributed by atoms with Crippen LogP contribution in [0.1, 0.15) is 39.0 Å². The van der Waals surface area contributed by atoms with Gasteiger partial charge in [-0.2, -0.15) is 0 Å². The molecule has 2 rings (SSSR count). The maximum absolute atomic E-state index is 12.0. The molecule has 1 saturated carbocycles. The maximum Gasteiger partial charge on any atom is 0.243 e. The highest BCUT2D eigenvalue weighted by molar-refractivity contribution is 5.96. The maximum atomic E-state index is 12.0. The number of rotatable bonds is 5. The van der Waals surface area contributed by atoms with Crippen LogP contribution in [0.25, 0.3) is 0 Å². The van der Waals surface area contributed by atoms with Gasteiger partial charge in [0.25, 0.3) is 0 Å². The number of carbonyl (C=O) groups is 3. The molecule has 0 radical (unpaired) electrons. The summed E-state index contributed by atoms with van der Waals surface area (Å²) in [6.07, 6.45) is 5.17. The third kappa shape index (κ3) is 5.73. The number of nitrogens with one attached hydrogen (secondary N) is 3. The summed E-state index contributed by atoms with van der Waals surface area (Å²) in [4.78, 5) is 34.9. The molecule has 0 unspecified atom stereocenters. The summed E-state index contributed by atoms with van der Waals surface area (Å²) in [5.74, 6) is -0.450. The van der Waals surface area contributed by atoms with E-state index in [-0.39, 0.29) is 30.2 Å². The highest BCUT2D eigenvalue weighted by atomic mass is 16.2. The number of anilines is 2. The highest BCUT2D eigenvalue weighted by Gasteiger charge is 2.21. The lowest BCUT2D eigenvalue weighted by molar-refractivity contribution is -0.128. The van der Waals surface area contributed by atoms with Gasteiger partial charge in [0.1, 0.15) is 0 Å². The van der Waals surface area contributed by atoms with Crippen LogP contribution in [-0.4, -0.2) is 24.3 Å². The second-order valence-electron chi connectivity index (χ2n) is 5.86. The first kappa shape index (κ1) is 17.0. The fraction of sp³-hybridized carbons (Fsp3) is 0.471. The lowest BCUT2D eigenvalue weighted by atomic mass is 9.89. The van der Waals surface area contributed by atoms with Crippen molar-refractivity contribution in [1.29, 1.82) is 0 Å². The van der Waals surface area contributed by atoms with Gasteiger partial charge in [-0.05, 0) is 31.0 Å². The smallest absolute Gasteiger partial charge is 0.243 e. The third-order valence-corrected chi connectivity index (χ3v) is 3.87. The molecular formula is C17H23N3O3. The van der Waals surface area contributed by atoms with Crippen LogP contribution in [0.3, 0.4) is 0 Å². The van der Waals surface area contributed by atoms with E-state index < -0.39 is 0 Å². The van der Waals surface area contributed by atoms with E-state index in [0.717, 1.165) is 25.7 Å². The molecule has 124 valence electrons. The minimum Gasteiger partial charge on any atom is -0.347 e. The molecular weight excluding hydrogens is 294 g/mol. The minimum absolute atomic E-state index is 0.0353. The number of hydrogen-bond donors (Lipinski definition) is 3. The van der Waals surface area contributed by atoms with Gasteiger partial charge in [0.2, 0.25) is 17.7 Å². The third-order valence-electron chi connectivity index (χ3n) is 3.87. The van der Waals surface area contributed by atoms with Crippen molar-refractivity contribution in [2.75, 3.05) is 17.2 Å². The van der Waals surface area contributed by atoms with Gasteiger partial charge in [0.05, 0.1) is 6.54 Å². The Morgan fingerprint density at radius 1 is 1.04 bits per heavy atom. The van der Waals surface area contributed by atoms with Gasteiger partial charge in [-0.1, -0.05) is 25.3 Å². The number of carbonyl (C=O) groups excluding carboxylic acids is 3. The summed E-state index contributed by atoms with van der Waals surface area (Å²) in [5.41, 5.74) is 1.19. The summed E-state index contributed by atoms with van der Waals surface area (Å²) in [6, 6.07) is 6.87. The second-order valence-corrected chi connectivity index (χ2v) is 5.86. The number of hydrogen-bond acceptors (Lipinski definition) is 3. The molecule has 0 aromatic heterocycles. The molecule has 1 aromatic carbocycles. The van der Waals surface area contributed by atoms with Crippen molar-refractivity contribution in [3.8, 4) is 0 Å². The van der Waals surface area contributed by atoms with Gasteiger partial charge in [0, 0.05) is 24.2 Å². The fourth-order valence-electron chi connectivity index (χ4n) is 2.76. The first-order valence-electron chi connectivity index (χ1n) is 8.00. The molecule has 1 aromatic rings. The predicted octanol–water partition coefficient (Wildman–Crippen LogP) is 2.28. The van der Waals surface area contributed by atoms with E-state index in [2.05, 4.69) is 16.0 Å². The average molecular weight is 317 g/mol. The molecule has 0 spiro atoms. The summed E-state index contributed by atoms with van der Waals surface area (Å²) in [6.45, 7) is 1.38. The summed E-state index contributed by atoms with van der Waals surface area (Å²) >= 11 is 0. The Labute approximate surface area is 136 Å². The first-order chi connectivity index (χ1) is 11.0. The van der Waals surface area contributed by atoms with Crippen LogP contribution >= 0.6 is 0 Å². The molecule has 6 heteroatoms. The fourth-order valence-corrected chi connectivity index (χ4v) is 2.76. The Bertz CT molecular complexity index is 580. The van der Waals surface area contributed by atoms with Crippen LogP contribution in [0.15, 0.2) is 24.3 Å². The molecule has 1 fully saturated rings. The summed E-state index contributed by atoms with van der Waals surface area (Å²) in [5, 5.41) is 8.06. The molecule has 3 N–H and O–H groups in total. The highest BCUT2D eigenvalue weighted by Crippen LogP contribution is 2.23. The van der Waals surface area contributed by atoms with E-state index in [1.54, 1.807) is 24.3 Å². The van der Waals surface area contributed by atoms with Crippen molar-refractivity contribution in [3.63, 3.8) is 0 Å². The Morgan fingerprint density at radius 2 is 1.70 bits per heavy atom. The first-order valence-corrected chi connectivity index (χ1v) is 8.00. The van der Waals surface area contributed by atoms with Crippen molar-refractivity contribution < 1.29 is 14.4 Å². The van der Waals surface area contributed by atoms with Crippen molar-refractivity contribution in [2.24, 2.45) is 5.92 Å². The average Bonchev–Trinajstić information content (AvgIpc) is 2.53. The summed E-state index contributed by atoms with van der Waals surface area (Å²) in [7, 11) is 0. The van der Waals surface area contributed by atoms with E-state index in [1.165, 1.54) is 13.3 Å². The van der Waals surface area contributed by atoms with Crippen molar-refractivity contribution in [3.05, 3.63) is 24.3 Å².